The van der Waals surface area contributed by atoms with E-state index >= 15 is 0 Å². The summed E-state index contributed by atoms with van der Waals surface area (Å²) in [5, 5.41) is 0. The molecule has 120 valence electrons. The van der Waals surface area contributed by atoms with Gasteiger partial charge in [-0.1, -0.05) is 18.1 Å². The molecule has 2 unspecified atom stereocenters. The minimum absolute atomic E-state index is 0.340. The summed E-state index contributed by atoms with van der Waals surface area (Å²) in [6.07, 6.45) is 8.26. The number of hydrogen-bond donors (Lipinski definition) is 0. The van der Waals surface area contributed by atoms with Crippen LogP contribution in [0.25, 0.3) is 0 Å². The third-order valence-corrected chi connectivity index (χ3v) is 5.64. The Hall–Kier alpha value is -0.830. The molecular weight excluding hydrogens is 260 g/mol. The predicted molar refractivity (Wildman–Crippen MR) is 88.2 cm³/mol. The molecule has 0 N–H and O–H groups in total. The quantitative estimate of drug-likeness (QED) is 0.744. The maximum absolute atomic E-state index is 12.6. The highest BCUT2D eigenvalue weighted by Crippen LogP contribution is 2.26. The van der Waals surface area contributed by atoms with Crippen LogP contribution in [0.4, 0.5) is 0 Å². The van der Waals surface area contributed by atoms with Crippen LogP contribution in [-0.4, -0.2) is 47.4 Å². The maximum Gasteiger partial charge on any atom is 0.236 e. The van der Waals surface area contributed by atoms with Crippen molar-refractivity contribution in [3.05, 3.63) is 11.6 Å². The van der Waals surface area contributed by atoms with Gasteiger partial charge in [0.1, 0.15) is 0 Å². The van der Waals surface area contributed by atoms with Gasteiger partial charge in [-0.15, -0.1) is 0 Å². The lowest BCUT2D eigenvalue weighted by Crippen LogP contribution is -2.50. The van der Waals surface area contributed by atoms with E-state index in [1.807, 2.05) is 0 Å². The van der Waals surface area contributed by atoms with E-state index in [9.17, 15) is 4.79 Å². The average Bonchev–Trinajstić information content (AvgIpc) is 2.50. The zero-order chi connectivity index (χ0) is 15.4. The molecule has 2 aliphatic heterocycles. The number of carbonyl (C=O) groups excluding carboxylic acids is 1. The molecule has 1 amide bonds. The third-order valence-electron chi connectivity index (χ3n) is 5.64. The number of nitrogens with zero attached hydrogens (tertiary/aromatic N) is 2. The highest BCUT2D eigenvalue weighted by Gasteiger charge is 2.29. The summed E-state index contributed by atoms with van der Waals surface area (Å²) in [5.74, 6) is 1.03. The summed E-state index contributed by atoms with van der Waals surface area (Å²) in [5.41, 5.74) is 1.49. The Kier molecular flexibility index (Phi) is 5.86. The fourth-order valence-electron chi connectivity index (χ4n) is 3.86. The van der Waals surface area contributed by atoms with Crippen molar-refractivity contribution in [3.8, 4) is 0 Å². The molecule has 0 saturated carbocycles. The van der Waals surface area contributed by atoms with E-state index in [0.29, 0.717) is 30.5 Å². The van der Waals surface area contributed by atoms with E-state index in [0.717, 1.165) is 25.9 Å². The van der Waals surface area contributed by atoms with Gasteiger partial charge in [-0.05, 0) is 59.3 Å². The van der Waals surface area contributed by atoms with Crippen LogP contribution in [0.3, 0.4) is 0 Å². The van der Waals surface area contributed by atoms with Gasteiger partial charge < -0.3 is 4.90 Å². The molecule has 2 fully saturated rings. The van der Waals surface area contributed by atoms with E-state index in [4.69, 9.17) is 0 Å². The number of rotatable bonds is 3. The predicted octanol–water partition coefficient (Wildman–Crippen LogP) is 3.45. The van der Waals surface area contributed by atoms with Crippen molar-refractivity contribution in [3.63, 3.8) is 0 Å². The second-order valence-corrected chi connectivity index (χ2v) is 6.99. The van der Waals surface area contributed by atoms with E-state index < -0.39 is 0 Å². The molecule has 2 saturated heterocycles. The molecule has 2 aliphatic rings. The Morgan fingerprint density at radius 1 is 1.10 bits per heavy atom. The van der Waals surface area contributed by atoms with Gasteiger partial charge >= 0.3 is 0 Å². The van der Waals surface area contributed by atoms with Crippen molar-refractivity contribution in [2.45, 2.75) is 71.9 Å². The van der Waals surface area contributed by atoms with Gasteiger partial charge in [0.05, 0.1) is 6.54 Å². The average molecular weight is 292 g/mol. The summed E-state index contributed by atoms with van der Waals surface area (Å²) in [4.78, 5) is 17.1. The first kappa shape index (κ1) is 16.5. The molecule has 3 nitrogen and oxygen atoms in total. The summed E-state index contributed by atoms with van der Waals surface area (Å²) in [7, 11) is 0. The van der Waals surface area contributed by atoms with E-state index in [1.165, 1.54) is 24.8 Å². The van der Waals surface area contributed by atoms with Crippen LogP contribution < -0.4 is 0 Å². The van der Waals surface area contributed by atoms with Crippen LogP contribution in [0.5, 0.6) is 0 Å². The molecule has 0 spiro atoms. The lowest BCUT2D eigenvalue weighted by molar-refractivity contribution is -0.135. The molecule has 2 rings (SSSR count). The molecule has 2 atom stereocenters. The van der Waals surface area contributed by atoms with Crippen LogP contribution in [0.1, 0.15) is 59.8 Å². The number of allylic oxidation sites excluding steroid dienone is 2. The van der Waals surface area contributed by atoms with Gasteiger partial charge in [-0.25, -0.2) is 0 Å². The molecule has 3 heteroatoms. The first-order valence-corrected chi connectivity index (χ1v) is 8.69. The molecular formula is C18H32N2O. The molecule has 0 aliphatic carbocycles. The van der Waals surface area contributed by atoms with Crippen LogP contribution in [0.2, 0.25) is 0 Å². The zero-order valence-electron chi connectivity index (χ0n) is 14.3. The van der Waals surface area contributed by atoms with Crippen molar-refractivity contribution in [2.24, 2.45) is 5.92 Å². The lowest BCUT2D eigenvalue weighted by atomic mass is 9.90. The van der Waals surface area contributed by atoms with E-state index in [1.54, 1.807) is 0 Å². The fourth-order valence-corrected chi connectivity index (χ4v) is 3.86. The van der Waals surface area contributed by atoms with Crippen LogP contribution >= 0.6 is 0 Å². The number of carbonyl (C=O) groups is 1. The Labute approximate surface area is 130 Å². The number of piperidine rings is 2. The Balaban J connectivity index is 1.84. The minimum atomic E-state index is 0.340. The number of amides is 1. The Bertz CT molecular complexity index is 373. The topological polar surface area (TPSA) is 23.6 Å². The van der Waals surface area contributed by atoms with Gasteiger partial charge in [0.25, 0.3) is 0 Å². The third kappa shape index (κ3) is 4.09. The van der Waals surface area contributed by atoms with Crippen molar-refractivity contribution in [1.29, 1.82) is 0 Å². The first-order chi connectivity index (χ1) is 10.0. The van der Waals surface area contributed by atoms with Crippen LogP contribution in [0, 0.1) is 5.92 Å². The molecule has 21 heavy (non-hydrogen) atoms. The summed E-state index contributed by atoms with van der Waals surface area (Å²) >= 11 is 0. The Morgan fingerprint density at radius 3 is 2.19 bits per heavy atom. The highest BCUT2D eigenvalue weighted by molar-refractivity contribution is 5.78. The molecule has 2 heterocycles. The lowest BCUT2D eigenvalue weighted by Gasteiger charge is -2.40. The number of likely N-dealkylation sites (tertiary alicyclic amines) is 2. The van der Waals surface area contributed by atoms with Gasteiger partial charge in [-0.2, -0.15) is 0 Å². The van der Waals surface area contributed by atoms with Crippen molar-refractivity contribution in [2.75, 3.05) is 19.6 Å². The van der Waals surface area contributed by atoms with Gasteiger partial charge in [0.15, 0.2) is 0 Å². The molecule has 0 radical (unpaired) electrons. The maximum atomic E-state index is 12.6. The zero-order valence-corrected chi connectivity index (χ0v) is 14.3. The molecule has 0 bridgehead atoms. The second-order valence-electron chi connectivity index (χ2n) is 6.99. The Morgan fingerprint density at radius 2 is 1.67 bits per heavy atom. The second kappa shape index (κ2) is 7.44. The van der Waals surface area contributed by atoms with E-state index in [-0.39, 0.29) is 0 Å². The van der Waals surface area contributed by atoms with Gasteiger partial charge in [0.2, 0.25) is 5.91 Å². The normalized spacial score (nSPS) is 29.7. The molecule has 0 aromatic rings. The fraction of sp³-hybridized carbons (Fsp3) is 0.833. The van der Waals surface area contributed by atoms with Crippen molar-refractivity contribution >= 4 is 5.91 Å². The highest BCUT2D eigenvalue weighted by atomic mass is 16.2. The summed E-state index contributed by atoms with van der Waals surface area (Å²) in [6, 6.07) is 1.11. The monoisotopic (exact) mass is 292 g/mol. The standard InChI is InChI=1S/C18H32N2O/c1-5-14(2)17-9-11-19(12-10-17)18(21)13-20-15(3)7-6-8-16(20)4/h5,15-17H,6-13H2,1-4H3. The minimum Gasteiger partial charge on any atom is -0.342 e. The summed E-state index contributed by atoms with van der Waals surface area (Å²) < 4.78 is 0. The smallest absolute Gasteiger partial charge is 0.236 e. The summed E-state index contributed by atoms with van der Waals surface area (Å²) in [6.45, 7) is 11.4. The van der Waals surface area contributed by atoms with Crippen LogP contribution in [-0.2, 0) is 4.79 Å². The number of hydrogen-bond acceptors (Lipinski definition) is 2. The molecule has 0 aromatic carbocycles. The largest absolute Gasteiger partial charge is 0.342 e. The van der Waals surface area contributed by atoms with Gasteiger partial charge in [-0.3, -0.25) is 9.69 Å². The van der Waals surface area contributed by atoms with Crippen LogP contribution in [0.15, 0.2) is 11.6 Å². The van der Waals surface area contributed by atoms with E-state index in [2.05, 4.69) is 43.6 Å². The first-order valence-electron chi connectivity index (χ1n) is 8.69. The van der Waals surface area contributed by atoms with Gasteiger partial charge in [0, 0.05) is 25.2 Å². The molecule has 0 aromatic heterocycles. The van der Waals surface area contributed by atoms with Crippen molar-refractivity contribution < 1.29 is 4.79 Å². The SMILES string of the molecule is CC=C(C)C1CCN(C(=O)CN2C(C)CCCC2C)CC1. The van der Waals surface area contributed by atoms with Crippen molar-refractivity contribution in [1.82, 2.24) is 9.80 Å².